The van der Waals surface area contributed by atoms with Gasteiger partial charge in [0, 0.05) is 5.56 Å². The van der Waals surface area contributed by atoms with Gasteiger partial charge >= 0.3 is 0 Å². The molecule has 26 heavy (non-hydrogen) atoms. The summed E-state index contributed by atoms with van der Waals surface area (Å²) in [7, 11) is 0. The van der Waals surface area contributed by atoms with E-state index in [1.54, 1.807) is 6.21 Å². The summed E-state index contributed by atoms with van der Waals surface area (Å²) in [5, 5.41) is 6.75. The van der Waals surface area contributed by atoms with Gasteiger partial charge in [-0.1, -0.05) is 66.4 Å². The molecule has 1 N–H and O–H groups in total. The normalized spacial score (nSPS) is 11.4. The predicted molar refractivity (Wildman–Crippen MR) is 104 cm³/mol. The number of para-hydroxylation sites is 2. The van der Waals surface area contributed by atoms with Crippen LogP contribution in [-0.4, -0.2) is 22.9 Å². The molecule has 0 radical (unpaired) electrons. The van der Waals surface area contributed by atoms with Gasteiger partial charge in [-0.3, -0.25) is 4.79 Å². The summed E-state index contributed by atoms with van der Waals surface area (Å²) < 4.78 is 5.57. The molecule has 0 fully saturated rings. The van der Waals surface area contributed by atoms with Crippen molar-refractivity contribution >= 4 is 45.8 Å². The Hall–Kier alpha value is -3.12. The maximum absolute atomic E-state index is 12.0. The van der Waals surface area contributed by atoms with Gasteiger partial charge in [0.2, 0.25) is 0 Å². The summed E-state index contributed by atoms with van der Waals surface area (Å²) in [6.45, 7) is 0. The summed E-state index contributed by atoms with van der Waals surface area (Å²) in [6.07, 6.45) is 1.66. The van der Waals surface area contributed by atoms with Crippen molar-refractivity contribution in [3.05, 3.63) is 72.3 Å². The van der Waals surface area contributed by atoms with Crippen molar-refractivity contribution in [2.45, 2.75) is 5.22 Å². The van der Waals surface area contributed by atoms with E-state index in [-0.39, 0.29) is 11.7 Å². The smallest absolute Gasteiger partial charge is 0.257 e. The van der Waals surface area contributed by atoms with Crippen molar-refractivity contribution in [2.75, 3.05) is 5.75 Å². The molecular formula is C20H15N3O2S. The Bertz CT molecular complexity index is 1070. The Morgan fingerprint density at radius 2 is 1.88 bits per heavy atom. The lowest BCUT2D eigenvalue weighted by Gasteiger charge is -2.01. The van der Waals surface area contributed by atoms with Gasteiger partial charge in [-0.05, 0) is 22.9 Å². The van der Waals surface area contributed by atoms with Crippen molar-refractivity contribution in [1.29, 1.82) is 0 Å². The van der Waals surface area contributed by atoms with Crippen molar-refractivity contribution in [3.63, 3.8) is 0 Å². The summed E-state index contributed by atoms with van der Waals surface area (Å²) in [5.74, 6) is -0.0339. The van der Waals surface area contributed by atoms with Gasteiger partial charge in [-0.2, -0.15) is 5.10 Å². The van der Waals surface area contributed by atoms with E-state index in [4.69, 9.17) is 4.42 Å². The van der Waals surface area contributed by atoms with Crippen molar-refractivity contribution in [2.24, 2.45) is 5.10 Å². The maximum Gasteiger partial charge on any atom is 0.257 e. The molecule has 4 rings (SSSR count). The molecular weight excluding hydrogens is 346 g/mol. The van der Waals surface area contributed by atoms with E-state index >= 15 is 0 Å². The molecule has 0 aliphatic heterocycles. The Morgan fingerprint density at radius 1 is 1.08 bits per heavy atom. The third kappa shape index (κ3) is 3.60. The number of nitrogens with zero attached hydrogens (tertiary/aromatic N) is 2. The molecule has 0 spiro atoms. The first kappa shape index (κ1) is 16.4. The van der Waals surface area contributed by atoms with Crippen LogP contribution in [0.3, 0.4) is 0 Å². The fourth-order valence-corrected chi connectivity index (χ4v) is 3.24. The van der Waals surface area contributed by atoms with Gasteiger partial charge in [0.15, 0.2) is 5.58 Å². The monoisotopic (exact) mass is 361 g/mol. The number of hydrazone groups is 1. The number of nitrogens with one attached hydrogen (secondary N) is 1. The first-order valence-corrected chi connectivity index (χ1v) is 9.06. The zero-order chi connectivity index (χ0) is 17.8. The summed E-state index contributed by atoms with van der Waals surface area (Å²) >= 11 is 1.24. The summed E-state index contributed by atoms with van der Waals surface area (Å²) in [6, 6.07) is 21.5. The molecule has 1 aromatic heterocycles. The lowest BCUT2D eigenvalue weighted by molar-refractivity contribution is -0.118. The Balaban J connectivity index is 1.36. The number of amides is 1. The lowest BCUT2D eigenvalue weighted by Crippen LogP contribution is -2.19. The van der Waals surface area contributed by atoms with Gasteiger partial charge in [-0.15, -0.1) is 0 Å². The minimum absolute atomic E-state index is 0.180. The molecule has 1 amide bonds. The van der Waals surface area contributed by atoms with E-state index < -0.39 is 0 Å². The minimum atomic E-state index is -0.214. The second-order valence-corrected chi connectivity index (χ2v) is 6.52. The van der Waals surface area contributed by atoms with Crippen molar-refractivity contribution < 1.29 is 9.21 Å². The molecule has 0 bridgehead atoms. The molecule has 0 saturated heterocycles. The number of carbonyl (C=O) groups is 1. The van der Waals surface area contributed by atoms with E-state index in [1.807, 2.05) is 66.7 Å². The quantitative estimate of drug-likeness (QED) is 0.328. The van der Waals surface area contributed by atoms with Crippen LogP contribution in [0, 0.1) is 0 Å². The average molecular weight is 361 g/mol. The molecule has 3 aromatic carbocycles. The first-order chi connectivity index (χ1) is 12.8. The van der Waals surface area contributed by atoms with Crippen LogP contribution < -0.4 is 5.43 Å². The van der Waals surface area contributed by atoms with Crippen LogP contribution in [0.5, 0.6) is 0 Å². The number of thioether (sulfide) groups is 1. The van der Waals surface area contributed by atoms with E-state index in [1.165, 1.54) is 11.8 Å². The van der Waals surface area contributed by atoms with Crippen molar-refractivity contribution in [1.82, 2.24) is 10.4 Å². The average Bonchev–Trinajstić information content (AvgIpc) is 3.10. The van der Waals surface area contributed by atoms with E-state index in [2.05, 4.69) is 15.5 Å². The Morgan fingerprint density at radius 3 is 2.81 bits per heavy atom. The van der Waals surface area contributed by atoms with E-state index in [0.29, 0.717) is 10.8 Å². The zero-order valence-corrected chi connectivity index (χ0v) is 14.6. The molecule has 128 valence electrons. The molecule has 5 nitrogen and oxygen atoms in total. The second-order valence-electron chi connectivity index (χ2n) is 5.60. The second kappa shape index (κ2) is 7.41. The first-order valence-electron chi connectivity index (χ1n) is 8.08. The fraction of sp³-hybridized carbons (Fsp3) is 0.0500. The highest BCUT2D eigenvalue weighted by atomic mass is 32.2. The van der Waals surface area contributed by atoms with Gasteiger partial charge in [0.05, 0.1) is 12.0 Å². The number of benzene rings is 3. The summed E-state index contributed by atoms with van der Waals surface area (Å²) in [4.78, 5) is 16.3. The summed E-state index contributed by atoms with van der Waals surface area (Å²) in [5.41, 5.74) is 4.99. The number of oxazole rings is 1. The maximum atomic E-state index is 12.0. The topological polar surface area (TPSA) is 67.5 Å². The highest BCUT2D eigenvalue weighted by molar-refractivity contribution is 7.99. The molecule has 0 aliphatic carbocycles. The van der Waals surface area contributed by atoms with Crippen LogP contribution in [0.2, 0.25) is 0 Å². The third-order valence-corrected chi connectivity index (χ3v) is 4.65. The molecule has 0 aliphatic rings. The van der Waals surface area contributed by atoms with E-state index in [9.17, 15) is 4.79 Å². The number of rotatable bonds is 5. The highest BCUT2D eigenvalue weighted by Crippen LogP contribution is 2.22. The third-order valence-electron chi connectivity index (χ3n) is 3.82. The lowest BCUT2D eigenvalue weighted by atomic mass is 10.1. The largest absolute Gasteiger partial charge is 0.431 e. The van der Waals surface area contributed by atoms with Crippen LogP contribution in [0.1, 0.15) is 5.56 Å². The minimum Gasteiger partial charge on any atom is -0.431 e. The highest BCUT2D eigenvalue weighted by Gasteiger charge is 2.08. The van der Waals surface area contributed by atoms with Crippen LogP contribution in [0.15, 0.2) is 81.5 Å². The number of hydrogen-bond acceptors (Lipinski definition) is 5. The predicted octanol–water partition coefficient (Wildman–Crippen LogP) is 4.22. The SMILES string of the molecule is O=C(CSc1nc2ccccc2o1)NN=Cc1cccc2ccccc12. The zero-order valence-electron chi connectivity index (χ0n) is 13.8. The standard InChI is InChI=1S/C20H15N3O2S/c24-19(13-26-20-22-17-10-3-4-11-18(17)25-20)23-21-12-15-8-5-7-14-6-1-2-9-16(14)15/h1-12H,13H2,(H,23,24). The molecule has 0 unspecified atom stereocenters. The van der Waals surface area contributed by atoms with Crippen LogP contribution >= 0.6 is 11.8 Å². The Labute approximate surface area is 154 Å². The molecule has 1 heterocycles. The van der Waals surface area contributed by atoms with Gasteiger partial charge in [0.1, 0.15) is 5.52 Å². The number of fused-ring (bicyclic) bond motifs is 2. The van der Waals surface area contributed by atoms with Gasteiger partial charge in [0.25, 0.3) is 11.1 Å². The Kier molecular flexibility index (Phi) is 4.66. The van der Waals surface area contributed by atoms with Crippen LogP contribution in [0.25, 0.3) is 21.9 Å². The molecule has 4 aromatic rings. The molecule has 0 saturated carbocycles. The van der Waals surface area contributed by atoms with Gasteiger partial charge < -0.3 is 4.42 Å². The molecule has 0 atom stereocenters. The van der Waals surface area contributed by atoms with E-state index in [0.717, 1.165) is 21.9 Å². The van der Waals surface area contributed by atoms with Crippen molar-refractivity contribution in [3.8, 4) is 0 Å². The number of aromatic nitrogens is 1. The van der Waals surface area contributed by atoms with Gasteiger partial charge in [-0.25, -0.2) is 10.4 Å². The fourth-order valence-electron chi connectivity index (χ4n) is 2.61. The number of hydrogen-bond donors (Lipinski definition) is 1. The van der Waals surface area contributed by atoms with Crippen LogP contribution in [0.4, 0.5) is 0 Å². The van der Waals surface area contributed by atoms with Crippen LogP contribution in [-0.2, 0) is 4.79 Å². The molecule has 6 heteroatoms. The number of carbonyl (C=O) groups excluding carboxylic acids is 1.